The highest BCUT2D eigenvalue weighted by Crippen LogP contribution is 2.25. The van der Waals surface area contributed by atoms with E-state index in [1.54, 1.807) is 6.07 Å². The van der Waals surface area contributed by atoms with Crippen molar-refractivity contribution in [1.82, 2.24) is 19.7 Å². The standard InChI is InChI=1S/C20H24FN5/c1-14-9-15(2)26-17(12-23-20(26)24-14)11-22-10-16-7-8-25(13-16)19-6-4-3-5-18(19)21/h3-6,9,12,16,22H,7-8,10-11,13H2,1-2H3. The fourth-order valence-electron chi connectivity index (χ4n) is 3.85. The average Bonchev–Trinajstić information content (AvgIpc) is 3.23. The zero-order valence-corrected chi connectivity index (χ0v) is 15.2. The maximum absolute atomic E-state index is 13.9. The molecule has 26 heavy (non-hydrogen) atoms. The van der Waals surface area contributed by atoms with Crippen molar-refractivity contribution in [3.63, 3.8) is 0 Å². The Morgan fingerprint density at radius 2 is 2.12 bits per heavy atom. The van der Waals surface area contributed by atoms with E-state index in [4.69, 9.17) is 0 Å². The molecule has 3 heterocycles. The minimum absolute atomic E-state index is 0.134. The highest BCUT2D eigenvalue weighted by Gasteiger charge is 2.24. The summed E-state index contributed by atoms with van der Waals surface area (Å²) in [6, 6.07) is 9.10. The number of para-hydroxylation sites is 1. The van der Waals surface area contributed by atoms with Gasteiger partial charge in [-0.05, 0) is 44.4 Å². The van der Waals surface area contributed by atoms with Gasteiger partial charge in [-0.15, -0.1) is 0 Å². The summed E-state index contributed by atoms with van der Waals surface area (Å²) in [7, 11) is 0. The third kappa shape index (κ3) is 3.29. The van der Waals surface area contributed by atoms with Crippen molar-refractivity contribution in [2.24, 2.45) is 5.92 Å². The monoisotopic (exact) mass is 353 g/mol. The molecular weight excluding hydrogens is 329 g/mol. The van der Waals surface area contributed by atoms with E-state index in [0.717, 1.165) is 55.5 Å². The highest BCUT2D eigenvalue weighted by atomic mass is 19.1. The first-order valence-corrected chi connectivity index (χ1v) is 9.12. The smallest absolute Gasteiger partial charge is 0.234 e. The summed E-state index contributed by atoms with van der Waals surface area (Å²) < 4.78 is 16.0. The fourth-order valence-corrected chi connectivity index (χ4v) is 3.85. The first-order chi connectivity index (χ1) is 12.6. The molecule has 0 aliphatic carbocycles. The number of nitrogens with one attached hydrogen (secondary N) is 1. The number of hydrogen-bond acceptors (Lipinski definition) is 4. The Morgan fingerprint density at radius 1 is 1.27 bits per heavy atom. The van der Waals surface area contributed by atoms with Crippen molar-refractivity contribution in [3.05, 3.63) is 59.4 Å². The molecule has 0 radical (unpaired) electrons. The summed E-state index contributed by atoms with van der Waals surface area (Å²) in [6.45, 7) is 7.53. The van der Waals surface area contributed by atoms with Crippen LogP contribution in [0.3, 0.4) is 0 Å². The number of hydrogen-bond donors (Lipinski definition) is 1. The van der Waals surface area contributed by atoms with Gasteiger partial charge in [0.15, 0.2) is 0 Å². The third-order valence-corrected chi connectivity index (χ3v) is 5.08. The van der Waals surface area contributed by atoms with Gasteiger partial charge >= 0.3 is 0 Å². The predicted octanol–water partition coefficient (Wildman–Crippen LogP) is 3.10. The number of anilines is 1. The van der Waals surface area contributed by atoms with E-state index < -0.39 is 0 Å². The molecule has 5 nitrogen and oxygen atoms in total. The summed E-state index contributed by atoms with van der Waals surface area (Å²) in [6.07, 6.45) is 2.97. The number of imidazole rings is 1. The van der Waals surface area contributed by atoms with Gasteiger partial charge in [0.25, 0.3) is 0 Å². The number of aromatic nitrogens is 3. The van der Waals surface area contributed by atoms with Crippen LogP contribution in [0.1, 0.15) is 23.5 Å². The topological polar surface area (TPSA) is 45.5 Å². The van der Waals surface area contributed by atoms with Crippen LogP contribution in [-0.4, -0.2) is 34.0 Å². The second-order valence-electron chi connectivity index (χ2n) is 7.11. The van der Waals surface area contributed by atoms with E-state index in [9.17, 15) is 4.39 Å². The van der Waals surface area contributed by atoms with Crippen molar-refractivity contribution in [1.29, 1.82) is 0 Å². The van der Waals surface area contributed by atoms with Crippen molar-refractivity contribution in [2.45, 2.75) is 26.8 Å². The Labute approximate surface area is 152 Å². The van der Waals surface area contributed by atoms with Gasteiger partial charge in [-0.1, -0.05) is 12.1 Å². The van der Waals surface area contributed by atoms with Gasteiger partial charge in [0.05, 0.1) is 17.6 Å². The molecule has 4 rings (SSSR count). The summed E-state index contributed by atoms with van der Waals surface area (Å²) in [5, 5.41) is 3.54. The van der Waals surface area contributed by atoms with E-state index in [0.29, 0.717) is 11.6 Å². The second-order valence-corrected chi connectivity index (χ2v) is 7.11. The summed E-state index contributed by atoms with van der Waals surface area (Å²) in [5.74, 6) is 1.14. The lowest BCUT2D eigenvalue weighted by Gasteiger charge is -2.19. The van der Waals surface area contributed by atoms with Crippen LogP contribution in [0.4, 0.5) is 10.1 Å². The molecule has 0 spiro atoms. The van der Waals surface area contributed by atoms with E-state index >= 15 is 0 Å². The summed E-state index contributed by atoms with van der Waals surface area (Å²) in [5.41, 5.74) is 3.97. The fraction of sp³-hybridized carbons (Fsp3) is 0.400. The molecule has 1 aromatic carbocycles. The molecule has 136 valence electrons. The maximum Gasteiger partial charge on any atom is 0.234 e. The van der Waals surface area contributed by atoms with E-state index in [2.05, 4.69) is 37.6 Å². The van der Waals surface area contributed by atoms with Gasteiger partial charge in [-0.3, -0.25) is 4.40 Å². The van der Waals surface area contributed by atoms with Crippen LogP contribution in [0.2, 0.25) is 0 Å². The van der Waals surface area contributed by atoms with Crippen LogP contribution in [-0.2, 0) is 6.54 Å². The van der Waals surface area contributed by atoms with Gasteiger partial charge in [0.1, 0.15) is 5.82 Å². The van der Waals surface area contributed by atoms with Crippen LogP contribution < -0.4 is 10.2 Å². The molecule has 1 unspecified atom stereocenters. The lowest BCUT2D eigenvalue weighted by Crippen LogP contribution is -2.27. The molecule has 2 aromatic heterocycles. The largest absolute Gasteiger partial charge is 0.369 e. The van der Waals surface area contributed by atoms with Crippen molar-refractivity contribution in [3.8, 4) is 0 Å². The van der Waals surface area contributed by atoms with Crippen LogP contribution in [0.25, 0.3) is 5.78 Å². The van der Waals surface area contributed by atoms with Crippen LogP contribution in [0, 0.1) is 25.6 Å². The van der Waals surface area contributed by atoms with Crippen LogP contribution >= 0.6 is 0 Å². The van der Waals surface area contributed by atoms with Crippen molar-refractivity contribution < 1.29 is 4.39 Å². The molecule has 1 aliphatic heterocycles. The van der Waals surface area contributed by atoms with Crippen molar-refractivity contribution >= 4 is 11.5 Å². The third-order valence-electron chi connectivity index (χ3n) is 5.08. The number of nitrogens with zero attached hydrogens (tertiary/aromatic N) is 4. The molecule has 0 saturated carbocycles. The molecule has 6 heteroatoms. The van der Waals surface area contributed by atoms with Crippen molar-refractivity contribution in [2.75, 3.05) is 24.5 Å². The highest BCUT2D eigenvalue weighted by molar-refractivity contribution is 5.48. The zero-order valence-electron chi connectivity index (χ0n) is 15.2. The Kier molecular flexibility index (Phi) is 4.59. The van der Waals surface area contributed by atoms with E-state index in [-0.39, 0.29) is 5.82 Å². The number of rotatable bonds is 5. The zero-order chi connectivity index (χ0) is 18.1. The lowest BCUT2D eigenvalue weighted by atomic mass is 10.1. The van der Waals surface area contributed by atoms with E-state index in [1.165, 1.54) is 6.07 Å². The van der Waals surface area contributed by atoms with Gasteiger partial charge in [-0.2, -0.15) is 0 Å². The number of benzene rings is 1. The predicted molar refractivity (Wildman–Crippen MR) is 101 cm³/mol. The van der Waals surface area contributed by atoms with Crippen LogP contribution in [0.15, 0.2) is 36.5 Å². The molecule has 1 saturated heterocycles. The molecular formula is C20H24FN5. The SMILES string of the molecule is Cc1cc(C)n2c(CNCC3CCN(c4ccccc4F)C3)cnc2n1. The number of halogens is 1. The first kappa shape index (κ1) is 17.0. The Balaban J connectivity index is 1.35. The Bertz CT molecular complexity index is 920. The second kappa shape index (κ2) is 7.03. The van der Waals surface area contributed by atoms with Gasteiger partial charge < -0.3 is 10.2 Å². The molecule has 3 aromatic rings. The minimum atomic E-state index is -0.134. The van der Waals surface area contributed by atoms with Gasteiger partial charge in [0.2, 0.25) is 5.78 Å². The molecule has 1 fully saturated rings. The minimum Gasteiger partial charge on any atom is -0.369 e. The molecule has 1 N–H and O–H groups in total. The number of aryl methyl sites for hydroxylation is 2. The summed E-state index contributed by atoms with van der Waals surface area (Å²) in [4.78, 5) is 11.0. The average molecular weight is 353 g/mol. The quantitative estimate of drug-likeness (QED) is 0.766. The first-order valence-electron chi connectivity index (χ1n) is 9.12. The molecule has 0 bridgehead atoms. The molecule has 1 aliphatic rings. The molecule has 0 amide bonds. The van der Waals surface area contributed by atoms with Crippen LogP contribution in [0.5, 0.6) is 0 Å². The Hall–Kier alpha value is -2.47. The number of fused-ring (bicyclic) bond motifs is 1. The van der Waals surface area contributed by atoms with Gasteiger partial charge in [-0.25, -0.2) is 14.4 Å². The summed E-state index contributed by atoms with van der Waals surface area (Å²) >= 11 is 0. The van der Waals surface area contributed by atoms with E-state index in [1.807, 2.05) is 25.3 Å². The van der Waals surface area contributed by atoms with Gasteiger partial charge in [0, 0.05) is 37.6 Å². The Morgan fingerprint density at radius 3 is 2.96 bits per heavy atom. The lowest BCUT2D eigenvalue weighted by molar-refractivity contribution is 0.512. The normalized spacial score (nSPS) is 17.3. The molecule has 1 atom stereocenters. The maximum atomic E-state index is 13.9.